The Morgan fingerprint density at radius 3 is 2.47 bits per heavy atom. The molecule has 1 saturated carbocycles. The Morgan fingerprint density at radius 1 is 1.29 bits per heavy atom. The van der Waals surface area contributed by atoms with Gasteiger partial charge in [-0.2, -0.15) is 0 Å². The number of hydrogen-bond acceptors (Lipinski definition) is 3. The average molecular weight is 259 g/mol. The van der Waals surface area contributed by atoms with Crippen molar-refractivity contribution < 1.29 is 9.42 Å². The Morgan fingerprint density at radius 2 is 1.94 bits per heavy atom. The first-order valence-corrected chi connectivity index (χ1v) is 8.23. The molecular weight excluding hydrogens is 233 g/mol. The summed E-state index contributed by atoms with van der Waals surface area (Å²) in [5.41, 5.74) is -0.0790. The van der Waals surface area contributed by atoms with Crippen molar-refractivity contribution in [1.29, 1.82) is 0 Å². The molecule has 1 saturated heterocycles. The summed E-state index contributed by atoms with van der Waals surface area (Å²) < 4.78 is 8.18. The average Bonchev–Trinajstić information content (AvgIpc) is 2.63. The molecule has 0 aromatic carbocycles. The third-order valence-corrected chi connectivity index (χ3v) is 6.09. The van der Waals surface area contributed by atoms with Gasteiger partial charge >= 0.3 is 0 Å². The van der Waals surface area contributed by atoms with Crippen molar-refractivity contribution in [2.45, 2.75) is 70.4 Å². The molecule has 1 aliphatic carbocycles. The smallest absolute Gasteiger partial charge is 0.256 e. The lowest BCUT2D eigenvalue weighted by atomic mass is 9.71. The molecule has 0 aromatic heterocycles. The van der Waals surface area contributed by atoms with Crippen LogP contribution in [0, 0.1) is 5.92 Å². The third-order valence-electron chi connectivity index (χ3n) is 4.77. The van der Waals surface area contributed by atoms with Crippen LogP contribution in [0.3, 0.4) is 0 Å². The lowest BCUT2D eigenvalue weighted by molar-refractivity contribution is -0.0207. The zero-order valence-corrected chi connectivity index (χ0v) is 12.2. The highest BCUT2D eigenvalue weighted by atomic mass is 31.2. The van der Waals surface area contributed by atoms with E-state index in [1.54, 1.807) is 0 Å². The van der Waals surface area contributed by atoms with Crippen molar-refractivity contribution in [2.24, 2.45) is 5.92 Å². The van der Waals surface area contributed by atoms with E-state index in [-0.39, 0.29) is 5.60 Å². The highest BCUT2D eigenvalue weighted by Gasteiger charge is 2.54. The van der Waals surface area contributed by atoms with E-state index in [1.165, 1.54) is 32.1 Å². The van der Waals surface area contributed by atoms with Crippen molar-refractivity contribution in [3.8, 4) is 0 Å². The molecule has 0 spiro atoms. The largest absolute Gasteiger partial charge is 0.338 e. The second-order valence-electron chi connectivity index (χ2n) is 5.49. The lowest BCUT2D eigenvalue weighted by Gasteiger charge is -2.42. The predicted molar refractivity (Wildman–Crippen MR) is 71.7 cm³/mol. The third kappa shape index (κ3) is 2.28. The summed E-state index contributed by atoms with van der Waals surface area (Å²) in [4.78, 5) is 10.1. The Bertz CT molecular complexity index is 258. The van der Waals surface area contributed by atoms with Crippen LogP contribution in [0.4, 0.5) is 0 Å². The Hall–Kier alpha value is 0.310. The lowest BCUT2D eigenvalue weighted by Crippen LogP contribution is -2.49. The fourth-order valence-electron chi connectivity index (χ4n) is 3.85. The minimum atomic E-state index is -1.36. The molecule has 2 unspecified atom stereocenters. The maximum atomic E-state index is 10.1. The monoisotopic (exact) mass is 259 g/mol. The quantitative estimate of drug-likeness (QED) is 0.785. The van der Waals surface area contributed by atoms with Crippen molar-refractivity contribution in [3.63, 3.8) is 0 Å². The Balaban J connectivity index is 2.22. The van der Waals surface area contributed by atoms with E-state index >= 15 is 0 Å². The molecule has 3 nitrogen and oxygen atoms in total. The van der Waals surface area contributed by atoms with Crippen LogP contribution in [-0.2, 0) is 4.52 Å². The van der Waals surface area contributed by atoms with Gasteiger partial charge in [0.25, 0.3) is 8.53 Å². The highest BCUT2D eigenvalue weighted by Crippen LogP contribution is 2.58. The topological polar surface area (TPSA) is 32.7 Å². The van der Waals surface area contributed by atoms with Crippen LogP contribution in [0.25, 0.3) is 0 Å². The van der Waals surface area contributed by atoms with Crippen molar-refractivity contribution in [1.82, 2.24) is 4.67 Å². The second kappa shape index (κ2) is 5.52. The maximum absolute atomic E-state index is 10.1. The van der Waals surface area contributed by atoms with Gasteiger partial charge in [0.1, 0.15) is 0 Å². The maximum Gasteiger partial charge on any atom is 0.256 e. The molecule has 0 bridgehead atoms. The Kier molecular flexibility index (Phi) is 4.46. The van der Waals surface area contributed by atoms with Gasteiger partial charge in [0.2, 0.25) is 0 Å². The highest BCUT2D eigenvalue weighted by molar-refractivity contribution is 7.43. The van der Waals surface area contributed by atoms with Crippen LogP contribution in [-0.4, -0.2) is 28.3 Å². The first-order chi connectivity index (χ1) is 8.15. The molecule has 4 heteroatoms. The summed E-state index contributed by atoms with van der Waals surface area (Å²) in [6.07, 6.45) is 8.69. The predicted octanol–water partition coefficient (Wildman–Crippen LogP) is 3.68. The SMILES string of the molecule is CCC1N(C)[P@@](O)OC1(CC)C1CCCCC1. The second-order valence-corrected chi connectivity index (χ2v) is 6.80. The summed E-state index contributed by atoms with van der Waals surface area (Å²) >= 11 is 0. The van der Waals surface area contributed by atoms with Gasteiger partial charge in [-0.1, -0.05) is 33.1 Å². The summed E-state index contributed by atoms with van der Waals surface area (Å²) in [5, 5.41) is 0. The van der Waals surface area contributed by atoms with E-state index < -0.39 is 8.53 Å². The fourth-order valence-corrected chi connectivity index (χ4v) is 5.28. The summed E-state index contributed by atoms with van der Waals surface area (Å²) in [5.74, 6) is 0.647. The molecule has 0 aromatic rings. The van der Waals surface area contributed by atoms with Gasteiger partial charge in [-0.3, -0.25) is 0 Å². The van der Waals surface area contributed by atoms with Gasteiger partial charge in [0.05, 0.1) is 5.60 Å². The first-order valence-electron chi connectivity index (χ1n) is 7.06. The van der Waals surface area contributed by atoms with Gasteiger partial charge in [-0.15, -0.1) is 0 Å². The molecule has 2 rings (SSSR count). The molecule has 17 heavy (non-hydrogen) atoms. The van der Waals surface area contributed by atoms with Crippen LogP contribution in [0.15, 0.2) is 0 Å². The Labute approximate surface area is 107 Å². The van der Waals surface area contributed by atoms with Crippen LogP contribution in [0.5, 0.6) is 0 Å². The van der Waals surface area contributed by atoms with Gasteiger partial charge in [-0.25, -0.2) is 4.67 Å². The molecule has 1 aliphatic heterocycles. The van der Waals surface area contributed by atoms with Gasteiger partial charge in [0, 0.05) is 6.04 Å². The minimum Gasteiger partial charge on any atom is -0.338 e. The van der Waals surface area contributed by atoms with Gasteiger partial charge < -0.3 is 9.42 Å². The van der Waals surface area contributed by atoms with E-state index in [0.29, 0.717) is 12.0 Å². The number of likely N-dealkylation sites (N-methyl/N-ethyl adjacent to an activating group) is 1. The zero-order chi connectivity index (χ0) is 12.5. The van der Waals surface area contributed by atoms with E-state index in [4.69, 9.17) is 4.52 Å². The molecule has 1 N–H and O–H groups in total. The molecule has 3 atom stereocenters. The van der Waals surface area contributed by atoms with E-state index in [2.05, 4.69) is 18.5 Å². The van der Waals surface area contributed by atoms with E-state index in [0.717, 1.165) is 12.8 Å². The van der Waals surface area contributed by atoms with Gasteiger partial charge in [-0.05, 0) is 38.6 Å². The standard InChI is InChI=1S/C13H26NO2P/c1-4-12-13(5-2,16-17(15)14(12)3)11-9-7-6-8-10-11/h11-12,15H,4-10H2,1-3H3/t12?,13?,17-/m0/s1. The van der Waals surface area contributed by atoms with Gasteiger partial charge in [0.15, 0.2) is 0 Å². The van der Waals surface area contributed by atoms with Crippen molar-refractivity contribution >= 4 is 8.53 Å². The minimum absolute atomic E-state index is 0.0790. The molecule has 1 heterocycles. The molecule has 2 fully saturated rings. The fraction of sp³-hybridized carbons (Fsp3) is 1.00. The number of nitrogens with zero attached hydrogens (tertiary/aromatic N) is 1. The molecule has 100 valence electrons. The van der Waals surface area contributed by atoms with Crippen LogP contribution in [0.1, 0.15) is 58.8 Å². The van der Waals surface area contributed by atoms with Crippen molar-refractivity contribution in [2.75, 3.05) is 7.05 Å². The van der Waals surface area contributed by atoms with Crippen molar-refractivity contribution in [3.05, 3.63) is 0 Å². The van der Waals surface area contributed by atoms with E-state index in [1.807, 2.05) is 7.05 Å². The number of rotatable bonds is 3. The molecule has 0 amide bonds. The van der Waals surface area contributed by atoms with Crippen LogP contribution >= 0.6 is 8.53 Å². The normalized spacial score (nSPS) is 40.9. The van der Waals surface area contributed by atoms with Crippen LogP contribution in [0.2, 0.25) is 0 Å². The van der Waals surface area contributed by atoms with E-state index in [9.17, 15) is 4.89 Å². The molecular formula is C13H26NO2P. The summed E-state index contributed by atoms with van der Waals surface area (Å²) in [6, 6.07) is 0.395. The molecule has 2 aliphatic rings. The summed E-state index contributed by atoms with van der Waals surface area (Å²) in [6.45, 7) is 4.44. The molecule has 0 radical (unpaired) electrons. The number of hydrogen-bond donors (Lipinski definition) is 1. The first kappa shape index (κ1) is 13.7. The van der Waals surface area contributed by atoms with Crippen LogP contribution < -0.4 is 0 Å². The summed E-state index contributed by atoms with van der Waals surface area (Å²) in [7, 11) is 0.657. The zero-order valence-electron chi connectivity index (χ0n) is 11.4.